The van der Waals surface area contributed by atoms with Crippen molar-refractivity contribution in [2.75, 3.05) is 6.61 Å². The summed E-state index contributed by atoms with van der Waals surface area (Å²) < 4.78 is 5.52. The van der Waals surface area contributed by atoms with Crippen molar-refractivity contribution in [3.8, 4) is 5.75 Å². The van der Waals surface area contributed by atoms with Crippen molar-refractivity contribution in [1.29, 1.82) is 0 Å². The Morgan fingerprint density at radius 3 is 2.83 bits per heavy atom. The number of nitrogens with zero attached hydrogens (tertiary/aromatic N) is 3. The van der Waals surface area contributed by atoms with E-state index in [4.69, 9.17) is 4.74 Å². The molecule has 0 saturated carbocycles. The van der Waals surface area contributed by atoms with Crippen LogP contribution in [0.3, 0.4) is 0 Å². The number of ether oxygens (including phenoxy) is 1. The molecule has 0 unspecified atom stereocenters. The number of tetrazole rings is 1. The first-order valence-electron chi connectivity index (χ1n) is 6.24. The summed E-state index contributed by atoms with van der Waals surface area (Å²) in [5.74, 6) is 1.75. The van der Waals surface area contributed by atoms with Crippen LogP contribution in [0.1, 0.15) is 30.3 Å². The van der Waals surface area contributed by atoms with Crippen LogP contribution >= 0.6 is 0 Å². The Kier molecular flexibility index (Phi) is 4.28. The average Bonchev–Trinajstić information content (AvgIpc) is 2.86. The molecule has 2 rings (SSSR count). The molecule has 0 saturated heterocycles. The Hall–Kier alpha value is -1.91. The summed E-state index contributed by atoms with van der Waals surface area (Å²) in [7, 11) is 0. The van der Waals surface area contributed by atoms with Crippen molar-refractivity contribution in [2.45, 2.75) is 33.1 Å². The average molecular weight is 246 g/mol. The van der Waals surface area contributed by atoms with E-state index in [9.17, 15) is 0 Å². The van der Waals surface area contributed by atoms with E-state index < -0.39 is 0 Å². The topological polar surface area (TPSA) is 63.7 Å². The zero-order valence-corrected chi connectivity index (χ0v) is 10.8. The van der Waals surface area contributed by atoms with Gasteiger partial charge in [0.25, 0.3) is 0 Å². The van der Waals surface area contributed by atoms with Gasteiger partial charge in [0, 0.05) is 6.42 Å². The fourth-order valence-electron chi connectivity index (χ4n) is 1.92. The van der Waals surface area contributed by atoms with Crippen LogP contribution in [0.15, 0.2) is 18.2 Å². The fraction of sp³-hybridized carbons (Fsp3) is 0.462. The Balaban J connectivity index is 1.88. The molecule has 1 N–H and O–H groups in total. The van der Waals surface area contributed by atoms with Crippen LogP contribution in [-0.2, 0) is 12.8 Å². The fourth-order valence-corrected chi connectivity index (χ4v) is 1.92. The third-order valence-electron chi connectivity index (χ3n) is 2.79. The van der Waals surface area contributed by atoms with E-state index in [0.29, 0.717) is 6.61 Å². The van der Waals surface area contributed by atoms with Crippen LogP contribution in [0.4, 0.5) is 0 Å². The van der Waals surface area contributed by atoms with Gasteiger partial charge in [0.1, 0.15) is 5.75 Å². The second-order valence-electron chi connectivity index (χ2n) is 4.21. The minimum atomic E-state index is 0.706. The van der Waals surface area contributed by atoms with Gasteiger partial charge in [-0.3, -0.25) is 0 Å². The molecular weight excluding hydrogens is 228 g/mol. The summed E-state index contributed by atoms with van der Waals surface area (Å²) in [5, 5.41) is 13.9. The smallest absolute Gasteiger partial charge is 0.174 e. The van der Waals surface area contributed by atoms with Gasteiger partial charge in [-0.15, -0.1) is 10.2 Å². The summed E-state index contributed by atoms with van der Waals surface area (Å²) in [6.07, 6.45) is 2.89. The van der Waals surface area contributed by atoms with Crippen LogP contribution in [0.25, 0.3) is 0 Å². The van der Waals surface area contributed by atoms with Gasteiger partial charge >= 0.3 is 0 Å². The van der Waals surface area contributed by atoms with Gasteiger partial charge in [-0.2, -0.15) is 5.21 Å². The third kappa shape index (κ3) is 3.29. The summed E-state index contributed by atoms with van der Waals surface area (Å²) in [4.78, 5) is 0. The van der Waals surface area contributed by atoms with Crippen molar-refractivity contribution < 1.29 is 4.74 Å². The molecule has 0 aliphatic rings. The number of H-pyrrole nitrogens is 1. The molecule has 0 atom stereocenters. The number of nitrogens with one attached hydrogen (secondary N) is 1. The Morgan fingerprint density at radius 2 is 2.17 bits per heavy atom. The lowest BCUT2D eigenvalue weighted by Crippen LogP contribution is -1.96. The van der Waals surface area contributed by atoms with Gasteiger partial charge in [0.05, 0.1) is 6.61 Å². The molecule has 1 heterocycles. The quantitative estimate of drug-likeness (QED) is 0.847. The molecule has 96 valence electrons. The summed E-state index contributed by atoms with van der Waals surface area (Å²) in [6, 6.07) is 6.35. The van der Waals surface area contributed by atoms with Gasteiger partial charge in [-0.1, -0.05) is 17.3 Å². The number of aryl methyl sites for hydroxylation is 3. The van der Waals surface area contributed by atoms with E-state index in [2.05, 4.69) is 39.7 Å². The number of hydrogen-bond donors (Lipinski definition) is 1. The third-order valence-corrected chi connectivity index (χ3v) is 2.79. The molecule has 0 bridgehead atoms. The van der Waals surface area contributed by atoms with E-state index in [1.807, 2.05) is 13.0 Å². The van der Waals surface area contributed by atoms with Crippen molar-refractivity contribution in [3.63, 3.8) is 0 Å². The second kappa shape index (κ2) is 6.14. The SMILES string of the molecule is CCOc1ccc(CCCc2nn[nH]n2)cc1C. The molecule has 0 aliphatic heterocycles. The van der Waals surface area contributed by atoms with Crippen LogP contribution in [0.5, 0.6) is 5.75 Å². The molecule has 0 spiro atoms. The van der Waals surface area contributed by atoms with Crippen molar-refractivity contribution in [3.05, 3.63) is 35.2 Å². The highest BCUT2D eigenvalue weighted by Gasteiger charge is 2.02. The maximum Gasteiger partial charge on any atom is 0.174 e. The summed E-state index contributed by atoms with van der Waals surface area (Å²) in [5.41, 5.74) is 2.51. The highest BCUT2D eigenvalue weighted by atomic mass is 16.5. The molecule has 5 heteroatoms. The zero-order valence-electron chi connectivity index (χ0n) is 10.8. The van der Waals surface area contributed by atoms with Crippen LogP contribution in [0.2, 0.25) is 0 Å². The number of rotatable bonds is 6. The first kappa shape index (κ1) is 12.5. The largest absolute Gasteiger partial charge is 0.494 e. The monoisotopic (exact) mass is 246 g/mol. The maximum atomic E-state index is 5.52. The van der Waals surface area contributed by atoms with Gasteiger partial charge in [0.2, 0.25) is 0 Å². The van der Waals surface area contributed by atoms with E-state index in [-0.39, 0.29) is 0 Å². The van der Waals surface area contributed by atoms with Crippen LogP contribution in [0, 0.1) is 6.92 Å². The van der Waals surface area contributed by atoms with Gasteiger partial charge < -0.3 is 4.74 Å². The molecule has 5 nitrogen and oxygen atoms in total. The van der Waals surface area contributed by atoms with E-state index in [0.717, 1.165) is 30.8 Å². The van der Waals surface area contributed by atoms with Gasteiger partial charge in [0.15, 0.2) is 5.82 Å². The lowest BCUT2D eigenvalue weighted by Gasteiger charge is -2.08. The molecular formula is C13H18N4O. The normalized spacial score (nSPS) is 10.6. The number of aromatic amines is 1. The Bertz CT molecular complexity index is 482. The standard InChI is InChI=1S/C13H18N4O/c1-3-18-12-8-7-11(9-10(12)2)5-4-6-13-14-16-17-15-13/h7-9H,3-6H2,1-2H3,(H,14,15,16,17). The Labute approximate surface area is 107 Å². The predicted octanol–water partition coefficient (Wildman–Crippen LogP) is 2.08. The van der Waals surface area contributed by atoms with Gasteiger partial charge in [-0.25, -0.2) is 0 Å². The Morgan fingerprint density at radius 1 is 1.28 bits per heavy atom. The molecule has 0 aliphatic carbocycles. The predicted molar refractivity (Wildman–Crippen MR) is 68.6 cm³/mol. The molecule has 0 radical (unpaired) electrons. The molecule has 2 aromatic rings. The minimum absolute atomic E-state index is 0.706. The van der Waals surface area contributed by atoms with Crippen LogP contribution in [-0.4, -0.2) is 27.2 Å². The maximum absolute atomic E-state index is 5.52. The van der Waals surface area contributed by atoms with E-state index in [1.165, 1.54) is 11.1 Å². The molecule has 0 amide bonds. The van der Waals surface area contributed by atoms with Crippen molar-refractivity contribution >= 4 is 0 Å². The van der Waals surface area contributed by atoms with E-state index >= 15 is 0 Å². The first-order chi connectivity index (χ1) is 8.79. The molecule has 1 aromatic carbocycles. The summed E-state index contributed by atoms with van der Waals surface area (Å²) >= 11 is 0. The number of hydrogen-bond acceptors (Lipinski definition) is 4. The summed E-state index contributed by atoms with van der Waals surface area (Å²) in [6.45, 7) is 4.78. The highest BCUT2D eigenvalue weighted by molar-refractivity contribution is 5.36. The number of aromatic nitrogens is 4. The molecule has 18 heavy (non-hydrogen) atoms. The molecule has 1 aromatic heterocycles. The minimum Gasteiger partial charge on any atom is -0.494 e. The zero-order chi connectivity index (χ0) is 12.8. The first-order valence-corrected chi connectivity index (χ1v) is 6.24. The molecule has 0 fully saturated rings. The lowest BCUT2D eigenvalue weighted by atomic mass is 10.0. The lowest BCUT2D eigenvalue weighted by molar-refractivity contribution is 0.338. The second-order valence-corrected chi connectivity index (χ2v) is 4.21. The van der Waals surface area contributed by atoms with Gasteiger partial charge in [-0.05, 0) is 43.9 Å². The van der Waals surface area contributed by atoms with Crippen molar-refractivity contribution in [1.82, 2.24) is 20.6 Å². The highest BCUT2D eigenvalue weighted by Crippen LogP contribution is 2.20. The number of benzene rings is 1. The van der Waals surface area contributed by atoms with E-state index in [1.54, 1.807) is 0 Å². The van der Waals surface area contributed by atoms with Crippen LogP contribution < -0.4 is 4.74 Å². The van der Waals surface area contributed by atoms with Crippen molar-refractivity contribution in [2.24, 2.45) is 0 Å².